The number of rotatable bonds is 6. The topological polar surface area (TPSA) is 36.4 Å². The molecule has 0 spiro atoms. The van der Waals surface area contributed by atoms with Gasteiger partial charge >= 0.3 is 0 Å². The second-order valence-corrected chi connectivity index (χ2v) is 6.95. The smallest absolute Gasteiger partial charge is 0.191 e. The van der Waals surface area contributed by atoms with Gasteiger partial charge < -0.3 is 10.6 Å². The standard InChI is InChI=1S/C18H22FN3S.HI/c1-2-20-17(21-12-16-7-4-10-23-16)22-13-18(8-9-18)14-5-3-6-15(19)11-14;/h3-7,10-11H,2,8-9,12-13H2,1H3,(H2,20,21,22);1H. The number of nitrogens with one attached hydrogen (secondary N) is 2. The molecular formula is C18H23FIN3S. The number of thiophene rings is 1. The molecule has 1 aliphatic carbocycles. The molecule has 6 heteroatoms. The fourth-order valence-electron chi connectivity index (χ4n) is 2.69. The summed E-state index contributed by atoms with van der Waals surface area (Å²) in [6.45, 7) is 4.34. The fourth-order valence-corrected chi connectivity index (χ4v) is 3.32. The molecule has 3 nitrogen and oxygen atoms in total. The van der Waals surface area contributed by atoms with Gasteiger partial charge in [-0.15, -0.1) is 35.3 Å². The van der Waals surface area contributed by atoms with E-state index < -0.39 is 0 Å². The molecule has 3 rings (SSSR count). The SMILES string of the molecule is CCNC(=NCc1cccs1)NCC1(c2cccc(F)c2)CC1.I. The van der Waals surface area contributed by atoms with E-state index in [9.17, 15) is 4.39 Å². The zero-order valence-electron chi connectivity index (χ0n) is 13.7. The van der Waals surface area contributed by atoms with E-state index in [1.807, 2.05) is 12.1 Å². The average Bonchev–Trinajstić information content (AvgIpc) is 3.17. The van der Waals surface area contributed by atoms with Crippen LogP contribution >= 0.6 is 35.3 Å². The molecule has 1 aromatic heterocycles. The highest BCUT2D eigenvalue weighted by molar-refractivity contribution is 14.0. The third-order valence-electron chi connectivity index (χ3n) is 4.20. The van der Waals surface area contributed by atoms with E-state index in [0.29, 0.717) is 6.54 Å². The minimum atomic E-state index is -0.160. The van der Waals surface area contributed by atoms with Crippen LogP contribution in [0.25, 0.3) is 0 Å². The lowest BCUT2D eigenvalue weighted by molar-refractivity contribution is 0.607. The summed E-state index contributed by atoms with van der Waals surface area (Å²) in [6.07, 6.45) is 2.18. The van der Waals surface area contributed by atoms with E-state index in [2.05, 4.69) is 34.0 Å². The Kier molecular flexibility index (Phi) is 7.03. The van der Waals surface area contributed by atoms with Gasteiger partial charge in [0.25, 0.3) is 0 Å². The largest absolute Gasteiger partial charge is 0.357 e. The van der Waals surface area contributed by atoms with E-state index in [-0.39, 0.29) is 35.2 Å². The molecule has 0 saturated heterocycles. The van der Waals surface area contributed by atoms with Crippen LogP contribution in [0.4, 0.5) is 4.39 Å². The molecular weight excluding hydrogens is 436 g/mol. The second kappa shape index (κ2) is 8.80. The molecule has 1 fully saturated rings. The fraction of sp³-hybridized carbons (Fsp3) is 0.389. The van der Waals surface area contributed by atoms with Crippen LogP contribution in [0, 0.1) is 5.82 Å². The normalized spacial score (nSPS) is 15.5. The van der Waals surface area contributed by atoms with Crippen molar-refractivity contribution in [3.8, 4) is 0 Å². The van der Waals surface area contributed by atoms with Crippen molar-refractivity contribution in [2.24, 2.45) is 4.99 Å². The summed E-state index contributed by atoms with van der Waals surface area (Å²) in [7, 11) is 0. The highest BCUT2D eigenvalue weighted by atomic mass is 127. The zero-order chi connectivity index (χ0) is 16.1. The second-order valence-electron chi connectivity index (χ2n) is 5.92. The van der Waals surface area contributed by atoms with E-state index in [4.69, 9.17) is 0 Å². The molecule has 130 valence electrons. The number of aliphatic imine (C=N–C) groups is 1. The number of guanidine groups is 1. The first-order valence-electron chi connectivity index (χ1n) is 8.02. The molecule has 24 heavy (non-hydrogen) atoms. The quantitative estimate of drug-likeness (QED) is 0.384. The van der Waals surface area contributed by atoms with Crippen LogP contribution < -0.4 is 10.6 Å². The molecule has 0 atom stereocenters. The van der Waals surface area contributed by atoms with Crippen molar-refractivity contribution >= 4 is 41.3 Å². The van der Waals surface area contributed by atoms with Crippen LogP contribution in [-0.2, 0) is 12.0 Å². The maximum atomic E-state index is 13.5. The molecule has 1 heterocycles. The molecule has 2 aromatic rings. The molecule has 0 unspecified atom stereocenters. The lowest BCUT2D eigenvalue weighted by Gasteiger charge is -2.19. The number of hydrogen-bond donors (Lipinski definition) is 2. The number of nitrogens with zero attached hydrogens (tertiary/aromatic N) is 1. The summed E-state index contributed by atoms with van der Waals surface area (Å²) >= 11 is 1.71. The van der Waals surface area contributed by atoms with Crippen molar-refractivity contribution in [3.63, 3.8) is 0 Å². The highest BCUT2D eigenvalue weighted by Crippen LogP contribution is 2.47. The van der Waals surface area contributed by atoms with Gasteiger partial charge in [0.2, 0.25) is 0 Å². The Labute approximate surface area is 163 Å². The van der Waals surface area contributed by atoms with Crippen molar-refractivity contribution in [2.45, 2.75) is 31.7 Å². The van der Waals surface area contributed by atoms with Crippen LogP contribution in [0.2, 0.25) is 0 Å². The summed E-state index contributed by atoms with van der Waals surface area (Å²) < 4.78 is 13.5. The lowest BCUT2D eigenvalue weighted by Crippen LogP contribution is -2.41. The molecule has 1 aliphatic rings. The summed E-state index contributed by atoms with van der Waals surface area (Å²) in [5.74, 6) is 0.663. The average molecular weight is 459 g/mol. The predicted octanol–water partition coefficient (Wildman–Crippen LogP) is 4.29. The lowest BCUT2D eigenvalue weighted by atomic mass is 9.96. The van der Waals surface area contributed by atoms with Crippen LogP contribution in [-0.4, -0.2) is 19.0 Å². The first-order valence-corrected chi connectivity index (χ1v) is 8.90. The Morgan fingerprint density at radius 3 is 2.71 bits per heavy atom. The highest BCUT2D eigenvalue weighted by Gasteiger charge is 2.44. The van der Waals surface area contributed by atoms with E-state index in [0.717, 1.165) is 37.5 Å². The maximum Gasteiger partial charge on any atom is 0.191 e. The molecule has 1 aromatic carbocycles. The van der Waals surface area contributed by atoms with Gasteiger partial charge in [0.15, 0.2) is 5.96 Å². The van der Waals surface area contributed by atoms with Gasteiger partial charge in [-0.3, -0.25) is 0 Å². The van der Waals surface area contributed by atoms with Gasteiger partial charge in [0.05, 0.1) is 6.54 Å². The third kappa shape index (κ3) is 4.92. The third-order valence-corrected chi connectivity index (χ3v) is 5.06. The Hall–Kier alpha value is -1.15. The summed E-state index contributed by atoms with van der Waals surface area (Å²) in [5, 5.41) is 8.77. The van der Waals surface area contributed by atoms with Crippen molar-refractivity contribution in [3.05, 3.63) is 58.0 Å². The summed E-state index contributed by atoms with van der Waals surface area (Å²) in [4.78, 5) is 5.87. The predicted molar refractivity (Wildman–Crippen MR) is 110 cm³/mol. The maximum absolute atomic E-state index is 13.5. The number of halogens is 2. The van der Waals surface area contributed by atoms with Gasteiger partial charge in [0.1, 0.15) is 5.82 Å². The minimum absolute atomic E-state index is 0. The zero-order valence-corrected chi connectivity index (χ0v) is 16.9. The van der Waals surface area contributed by atoms with Crippen LogP contribution in [0.15, 0.2) is 46.8 Å². The van der Waals surface area contributed by atoms with Crippen LogP contribution in [0.3, 0.4) is 0 Å². The van der Waals surface area contributed by atoms with Crippen LogP contribution in [0.1, 0.15) is 30.2 Å². The van der Waals surface area contributed by atoms with Gasteiger partial charge in [-0.05, 0) is 48.9 Å². The van der Waals surface area contributed by atoms with Gasteiger partial charge in [-0.1, -0.05) is 18.2 Å². The minimum Gasteiger partial charge on any atom is -0.357 e. The monoisotopic (exact) mass is 459 g/mol. The molecule has 0 radical (unpaired) electrons. The van der Waals surface area contributed by atoms with Crippen molar-refractivity contribution in [1.82, 2.24) is 10.6 Å². The molecule has 2 N–H and O–H groups in total. The Bertz CT molecular complexity index is 669. The van der Waals surface area contributed by atoms with Gasteiger partial charge in [0, 0.05) is 23.4 Å². The van der Waals surface area contributed by atoms with Crippen molar-refractivity contribution in [2.75, 3.05) is 13.1 Å². The van der Waals surface area contributed by atoms with E-state index in [1.165, 1.54) is 10.9 Å². The van der Waals surface area contributed by atoms with Crippen LogP contribution in [0.5, 0.6) is 0 Å². The Morgan fingerprint density at radius 2 is 2.08 bits per heavy atom. The number of benzene rings is 1. The van der Waals surface area contributed by atoms with Gasteiger partial charge in [-0.25, -0.2) is 9.38 Å². The van der Waals surface area contributed by atoms with Gasteiger partial charge in [-0.2, -0.15) is 0 Å². The van der Waals surface area contributed by atoms with E-state index in [1.54, 1.807) is 23.5 Å². The molecule has 0 bridgehead atoms. The molecule has 1 saturated carbocycles. The first kappa shape index (κ1) is 19.2. The van der Waals surface area contributed by atoms with Crippen molar-refractivity contribution < 1.29 is 4.39 Å². The summed E-state index contributed by atoms with van der Waals surface area (Å²) in [5.41, 5.74) is 1.14. The molecule has 0 aliphatic heterocycles. The Morgan fingerprint density at radius 1 is 1.25 bits per heavy atom. The number of hydrogen-bond acceptors (Lipinski definition) is 2. The van der Waals surface area contributed by atoms with Crippen molar-refractivity contribution in [1.29, 1.82) is 0 Å². The Balaban J connectivity index is 0.00000208. The summed E-state index contributed by atoms with van der Waals surface area (Å²) in [6, 6.07) is 11.1. The van der Waals surface area contributed by atoms with E-state index >= 15 is 0 Å². The molecule has 0 amide bonds. The first-order chi connectivity index (χ1) is 11.2.